The first-order valence-electron chi connectivity index (χ1n) is 4.89. The van der Waals surface area contributed by atoms with Gasteiger partial charge >= 0.3 is 6.01 Å². The summed E-state index contributed by atoms with van der Waals surface area (Å²) < 4.78 is 19.6. The van der Waals surface area contributed by atoms with E-state index in [0.717, 1.165) is 16.8 Å². The highest BCUT2D eigenvalue weighted by atomic mass is 79.9. The van der Waals surface area contributed by atoms with Crippen molar-refractivity contribution in [2.24, 2.45) is 0 Å². The van der Waals surface area contributed by atoms with Crippen LogP contribution in [0, 0.1) is 5.82 Å². The van der Waals surface area contributed by atoms with Gasteiger partial charge in [-0.1, -0.05) is 11.6 Å². The maximum atomic E-state index is 13.2. The molecule has 10 heteroatoms. The minimum Gasteiger partial charge on any atom is -0.424 e. The van der Waals surface area contributed by atoms with Crippen molar-refractivity contribution >= 4 is 51.1 Å². The van der Waals surface area contributed by atoms with Crippen molar-refractivity contribution < 1.29 is 9.13 Å². The summed E-state index contributed by atoms with van der Waals surface area (Å²) in [5.74, 6) is -0.456. The quantitative estimate of drug-likeness (QED) is 0.801. The predicted molar refractivity (Wildman–Crippen MR) is 74.4 cm³/mol. The second kappa shape index (κ2) is 5.21. The van der Waals surface area contributed by atoms with Gasteiger partial charge in [0.15, 0.2) is 0 Å². The van der Waals surface area contributed by atoms with Crippen LogP contribution < -0.4 is 4.74 Å². The normalized spacial score (nSPS) is 11.5. The van der Waals surface area contributed by atoms with E-state index in [1.807, 2.05) is 0 Å². The van der Waals surface area contributed by atoms with E-state index in [4.69, 9.17) is 39.9 Å². The van der Waals surface area contributed by atoms with Crippen LogP contribution in [0.2, 0.25) is 5.02 Å². The van der Waals surface area contributed by atoms with Crippen LogP contribution in [-0.2, 0) is 5.24 Å². The molecule has 0 amide bonds. The smallest absolute Gasteiger partial charge is 0.319 e. The molecule has 0 aliphatic heterocycles. The molecule has 1 aromatic heterocycles. The molecule has 0 unspecified atom stereocenters. The number of aromatic nitrogens is 3. The number of hydrogen-bond donors (Lipinski definition) is 0. The molecule has 4 nitrogen and oxygen atoms in total. The number of rotatable bonds is 3. The van der Waals surface area contributed by atoms with E-state index in [1.54, 1.807) is 0 Å². The summed E-state index contributed by atoms with van der Waals surface area (Å²) in [6, 6.07) is 3.53. The molecule has 19 heavy (non-hydrogen) atoms. The molecule has 2 rings (SSSR count). The maximum Gasteiger partial charge on any atom is 0.319 e. The minimum atomic E-state index is -1.81. The monoisotopic (exact) mass is 335 g/mol. The van der Waals surface area contributed by atoms with Crippen LogP contribution in [0.15, 0.2) is 22.9 Å². The average molecular weight is 336 g/mol. The van der Waals surface area contributed by atoms with Crippen LogP contribution in [0.1, 0.15) is 0 Å². The van der Waals surface area contributed by atoms with Gasteiger partial charge in [-0.2, -0.15) is 4.98 Å². The summed E-state index contributed by atoms with van der Waals surface area (Å²) >= 11 is 8.73. The zero-order valence-electron chi connectivity index (χ0n) is 9.35. The Labute approximate surface area is 126 Å². The largest absolute Gasteiger partial charge is 0.424 e. The van der Waals surface area contributed by atoms with Crippen LogP contribution in [0.4, 0.5) is 4.39 Å². The highest BCUT2D eigenvalue weighted by molar-refractivity contribution is 9.10. The summed E-state index contributed by atoms with van der Waals surface area (Å²) in [7, 11) is 16.5. The van der Waals surface area contributed by atoms with E-state index in [9.17, 15) is 4.39 Å². The zero-order chi connectivity index (χ0) is 14.2. The van der Waals surface area contributed by atoms with Crippen LogP contribution >= 0.6 is 27.5 Å². The predicted octanol–water partition coefficient (Wildman–Crippen LogP) is 1.70. The van der Waals surface area contributed by atoms with E-state index in [1.165, 1.54) is 6.07 Å². The number of halogens is 3. The van der Waals surface area contributed by atoms with Crippen molar-refractivity contribution in [1.29, 1.82) is 0 Å². The zero-order valence-corrected chi connectivity index (χ0v) is 11.7. The summed E-state index contributed by atoms with van der Waals surface area (Å²) in [6.07, 6.45) is 0. The summed E-state index contributed by atoms with van der Waals surface area (Å²) in [5.41, 5.74) is 0. The van der Waals surface area contributed by atoms with Crippen molar-refractivity contribution in [3.63, 3.8) is 0 Å². The molecule has 0 atom stereocenters. The maximum absolute atomic E-state index is 13.2. The lowest BCUT2D eigenvalue weighted by molar-refractivity contribution is 0.400. The van der Waals surface area contributed by atoms with Gasteiger partial charge in [0, 0.05) is 11.1 Å². The van der Waals surface area contributed by atoms with E-state index >= 15 is 0 Å². The molecular formula is C9H3B3BrClFN3O. The van der Waals surface area contributed by atoms with Crippen molar-refractivity contribution in [2.45, 2.75) is 5.24 Å². The summed E-state index contributed by atoms with van der Waals surface area (Å²) in [6.45, 7) is 0. The van der Waals surface area contributed by atoms with E-state index in [-0.39, 0.29) is 21.5 Å². The van der Waals surface area contributed by atoms with Crippen molar-refractivity contribution in [3.8, 4) is 11.8 Å². The minimum absolute atomic E-state index is 0.107. The van der Waals surface area contributed by atoms with Gasteiger partial charge in [0.1, 0.15) is 11.6 Å². The lowest BCUT2D eigenvalue weighted by atomic mass is 9.49. The molecule has 0 N–H and O–H groups in total. The first-order valence-corrected chi connectivity index (χ1v) is 6.06. The lowest BCUT2D eigenvalue weighted by Gasteiger charge is -2.21. The Hall–Kier alpha value is -0.945. The Morgan fingerprint density at radius 2 is 2.00 bits per heavy atom. The van der Waals surface area contributed by atoms with E-state index in [2.05, 4.69) is 26.0 Å². The van der Waals surface area contributed by atoms with Gasteiger partial charge in [-0.25, -0.2) is 9.07 Å². The third-order valence-corrected chi connectivity index (χ3v) is 2.52. The van der Waals surface area contributed by atoms with Gasteiger partial charge in [-0.05, 0) is 33.3 Å². The standard InChI is InChI=1S/C9H3B3BrClFN3O/c10-9(11,12)18-8(16-7(13)17-18)19-6-2-4(14)1-5(15)3-6/h1-3H. The molecular weight excluding hydrogens is 333 g/mol. The van der Waals surface area contributed by atoms with Gasteiger partial charge in [-0.3, -0.25) is 0 Å². The van der Waals surface area contributed by atoms with Gasteiger partial charge in [0.05, 0.1) is 23.5 Å². The van der Waals surface area contributed by atoms with Gasteiger partial charge in [0.25, 0.3) is 0 Å². The molecule has 1 heterocycles. The Kier molecular flexibility index (Phi) is 3.96. The molecule has 90 valence electrons. The fourth-order valence-corrected chi connectivity index (χ4v) is 1.81. The Morgan fingerprint density at radius 3 is 2.58 bits per heavy atom. The Balaban J connectivity index is 2.38. The number of nitrogens with zero attached hydrogens (tertiary/aromatic N) is 3. The molecule has 0 aliphatic carbocycles. The SMILES string of the molecule is [B]C([B])([B])n1nc(Br)nc1Oc1cc(F)cc(Cl)c1. The fraction of sp³-hybridized carbons (Fsp3) is 0.111. The number of hydrogen-bond acceptors (Lipinski definition) is 3. The summed E-state index contributed by atoms with van der Waals surface area (Å²) in [5, 5.41) is 2.17. The van der Waals surface area contributed by atoms with Crippen LogP contribution in [0.5, 0.6) is 11.8 Å². The Bertz CT molecular complexity index is 599. The molecule has 0 spiro atoms. The molecule has 0 bridgehead atoms. The molecule has 6 radical (unpaired) electrons. The molecule has 0 saturated carbocycles. The highest BCUT2D eigenvalue weighted by Gasteiger charge is 2.21. The van der Waals surface area contributed by atoms with Crippen molar-refractivity contribution in [1.82, 2.24) is 14.8 Å². The summed E-state index contributed by atoms with van der Waals surface area (Å²) in [4.78, 5) is 3.87. The van der Waals surface area contributed by atoms with Crippen LogP contribution in [-0.4, -0.2) is 38.3 Å². The lowest BCUT2D eigenvalue weighted by Crippen LogP contribution is -2.36. The van der Waals surface area contributed by atoms with Gasteiger partial charge in [-0.15, -0.1) is 5.10 Å². The van der Waals surface area contributed by atoms with Crippen LogP contribution in [0.3, 0.4) is 0 Å². The second-order valence-electron chi connectivity index (χ2n) is 3.67. The third kappa shape index (κ3) is 3.54. The molecule has 1 aromatic carbocycles. The van der Waals surface area contributed by atoms with Gasteiger partial charge in [0.2, 0.25) is 4.73 Å². The fourth-order valence-electron chi connectivity index (χ4n) is 1.29. The van der Waals surface area contributed by atoms with Crippen molar-refractivity contribution in [3.05, 3.63) is 33.8 Å². The molecule has 2 aromatic rings. The third-order valence-electron chi connectivity index (χ3n) is 1.96. The average Bonchev–Trinajstić information content (AvgIpc) is 2.57. The van der Waals surface area contributed by atoms with Crippen molar-refractivity contribution in [2.75, 3.05) is 0 Å². The number of ether oxygens (including phenoxy) is 1. The molecule has 0 saturated heterocycles. The molecule has 0 fully saturated rings. The second-order valence-corrected chi connectivity index (χ2v) is 4.82. The van der Waals surface area contributed by atoms with E-state index < -0.39 is 11.1 Å². The van der Waals surface area contributed by atoms with E-state index in [0.29, 0.717) is 0 Å². The number of benzene rings is 1. The van der Waals surface area contributed by atoms with Crippen LogP contribution in [0.25, 0.3) is 0 Å². The Morgan fingerprint density at radius 1 is 1.32 bits per heavy atom. The highest BCUT2D eigenvalue weighted by Crippen LogP contribution is 2.26. The molecule has 0 aliphatic rings. The van der Waals surface area contributed by atoms with Gasteiger partial charge < -0.3 is 4.74 Å². The topological polar surface area (TPSA) is 39.9 Å². The first kappa shape index (κ1) is 14.5. The first-order chi connectivity index (χ1) is 8.75.